The van der Waals surface area contributed by atoms with Gasteiger partial charge in [0.15, 0.2) is 5.58 Å². The maximum atomic E-state index is 6.64. The molecule has 0 N–H and O–H groups in total. The Kier molecular flexibility index (Phi) is 8.42. The molecule has 14 aromatic rings. The maximum absolute atomic E-state index is 6.64. The fourth-order valence-corrected chi connectivity index (χ4v) is 11.7. The lowest BCUT2D eigenvalue weighted by Gasteiger charge is -2.28. The third-order valence-corrected chi connectivity index (χ3v) is 14.6. The summed E-state index contributed by atoms with van der Waals surface area (Å²) < 4.78 is 15.6. The highest BCUT2D eigenvalue weighted by Gasteiger charge is 2.23. The lowest BCUT2D eigenvalue weighted by atomic mass is 9.96. The van der Waals surface area contributed by atoms with Gasteiger partial charge < -0.3 is 18.6 Å². The van der Waals surface area contributed by atoms with Crippen molar-refractivity contribution in [1.82, 2.24) is 0 Å². The van der Waals surface area contributed by atoms with Crippen LogP contribution in [0.25, 0.3) is 96.7 Å². The molecule has 0 radical (unpaired) electrons. The molecule has 0 atom stereocenters. The normalized spacial score (nSPS) is 11.9. The zero-order valence-electron chi connectivity index (χ0n) is 36.1. The molecule has 11 aromatic carbocycles. The molecule has 0 amide bonds. The van der Waals surface area contributed by atoms with E-state index in [4.69, 9.17) is 8.83 Å². The van der Waals surface area contributed by atoms with Crippen LogP contribution < -0.4 is 9.80 Å². The molecule has 0 unspecified atom stereocenters. The molecule has 14 rings (SSSR count). The summed E-state index contributed by atoms with van der Waals surface area (Å²) >= 11 is 1.87. The summed E-state index contributed by atoms with van der Waals surface area (Å²) in [7, 11) is 0. The summed E-state index contributed by atoms with van der Waals surface area (Å²) in [5.74, 6) is 0. The molecular weight excluding hydrogens is 837 g/mol. The number of thiophene rings is 1. The fourth-order valence-electron chi connectivity index (χ4n) is 10.4. The van der Waals surface area contributed by atoms with Gasteiger partial charge >= 0.3 is 0 Å². The minimum atomic E-state index is 0.860. The van der Waals surface area contributed by atoms with E-state index in [9.17, 15) is 0 Å². The lowest BCUT2D eigenvalue weighted by Crippen LogP contribution is -2.11. The van der Waals surface area contributed by atoms with Crippen molar-refractivity contribution in [2.24, 2.45) is 0 Å². The topological polar surface area (TPSA) is 32.8 Å². The summed E-state index contributed by atoms with van der Waals surface area (Å²) in [6.45, 7) is 0. The van der Waals surface area contributed by atoms with E-state index in [1.807, 2.05) is 29.5 Å². The van der Waals surface area contributed by atoms with Gasteiger partial charge in [0.25, 0.3) is 0 Å². The SMILES string of the molecule is c1ccc(-c2ccccc2N(c2ccc3c(c2)oc2ccccc23)c2ccc3c(c2)c2ccccc2c2c4ccc(N(c5ccccc5)c5cccc6c5oc5ccccc56)cc4sc32)cc1. The van der Waals surface area contributed by atoms with Crippen LogP contribution in [0.1, 0.15) is 0 Å². The number of hydrogen-bond acceptors (Lipinski definition) is 5. The lowest BCUT2D eigenvalue weighted by molar-refractivity contribution is 0.668. The van der Waals surface area contributed by atoms with Crippen LogP contribution >= 0.6 is 11.3 Å². The molecule has 67 heavy (non-hydrogen) atoms. The molecule has 0 aliphatic carbocycles. The molecule has 314 valence electrons. The van der Waals surface area contributed by atoms with Crippen LogP contribution in [0.5, 0.6) is 0 Å². The van der Waals surface area contributed by atoms with E-state index in [1.54, 1.807) is 0 Å². The predicted molar refractivity (Wildman–Crippen MR) is 284 cm³/mol. The summed E-state index contributed by atoms with van der Waals surface area (Å²) in [6.07, 6.45) is 0. The Balaban J connectivity index is 0.978. The summed E-state index contributed by atoms with van der Waals surface area (Å²) in [5, 5.41) is 11.9. The Morgan fingerprint density at radius 3 is 1.67 bits per heavy atom. The molecule has 0 saturated carbocycles. The molecule has 4 nitrogen and oxygen atoms in total. The Morgan fingerprint density at radius 1 is 0.313 bits per heavy atom. The van der Waals surface area contributed by atoms with Gasteiger partial charge in [-0.1, -0.05) is 152 Å². The van der Waals surface area contributed by atoms with Crippen molar-refractivity contribution in [2.45, 2.75) is 0 Å². The third kappa shape index (κ3) is 5.92. The molecule has 0 aliphatic rings. The summed E-state index contributed by atoms with van der Waals surface area (Å²) in [6, 6.07) is 82.6. The van der Waals surface area contributed by atoms with E-state index in [0.29, 0.717) is 0 Å². The third-order valence-electron chi connectivity index (χ3n) is 13.4. The molecule has 5 heteroatoms. The quantitative estimate of drug-likeness (QED) is 0.149. The molecule has 0 bridgehead atoms. The maximum Gasteiger partial charge on any atom is 0.159 e. The van der Waals surface area contributed by atoms with Crippen LogP contribution in [0.2, 0.25) is 0 Å². The second kappa shape index (κ2) is 15.0. The van der Waals surface area contributed by atoms with Crippen molar-refractivity contribution < 1.29 is 8.83 Å². The predicted octanol–water partition coefficient (Wildman–Crippen LogP) is 18.8. The van der Waals surface area contributed by atoms with Gasteiger partial charge in [-0.05, 0) is 94.5 Å². The molecular formula is C62H38N2O2S. The second-order valence-corrected chi connectivity index (χ2v) is 18.2. The van der Waals surface area contributed by atoms with Gasteiger partial charge in [0.1, 0.15) is 16.7 Å². The van der Waals surface area contributed by atoms with Crippen molar-refractivity contribution in [3.8, 4) is 11.1 Å². The van der Waals surface area contributed by atoms with Gasteiger partial charge in [-0.3, -0.25) is 0 Å². The van der Waals surface area contributed by atoms with Crippen LogP contribution in [0, 0.1) is 0 Å². The highest BCUT2D eigenvalue weighted by molar-refractivity contribution is 7.27. The zero-order chi connectivity index (χ0) is 44.0. The smallest absolute Gasteiger partial charge is 0.159 e. The van der Waals surface area contributed by atoms with Crippen LogP contribution in [0.4, 0.5) is 34.1 Å². The number of furan rings is 2. The Labute approximate surface area is 389 Å². The number of fused-ring (bicyclic) bond motifs is 14. The Bertz CT molecular complexity index is 4240. The molecule has 0 aliphatic heterocycles. The standard InChI is InChI=1S/C62H38N2O2S/c1-3-16-39(17-4-1)44-20-9-12-26-54(44)64(42-30-33-48-46-22-10-13-28-56(46)65-58(48)37-42)41-31-34-51-53(36-41)45-21-7-8-24-49(45)60-52-35-32-43(38-59(52)67-62(51)60)63(40-18-5-2-6-19-40)55-27-15-25-50-47-23-11-14-29-57(47)66-61(50)55/h1-38H. The van der Waals surface area contributed by atoms with E-state index in [1.165, 1.54) is 41.7 Å². The highest BCUT2D eigenvalue weighted by atomic mass is 32.1. The number of hydrogen-bond donors (Lipinski definition) is 0. The molecule has 0 fully saturated rings. The first-order valence-electron chi connectivity index (χ1n) is 22.7. The van der Waals surface area contributed by atoms with Gasteiger partial charge in [0, 0.05) is 81.5 Å². The highest BCUT2D eigenvalue weighted by Crippen LogP contribution is 2.50. The number of anilines is 6. The number of para-hydroxylation sites is 5. The van der Waals surface area contributed by atoms with Gasteiger partial charge in [-0.15, -0.1) is 11.3 Å². The largest absolute Gasteiger partial charge is 0.456 e. The first-order valence-corrected chi connectivity index (χ1v) is 23.5. The van der Waals surface area contributed by atoms with Crippen molar-refractivity contribution in [2.75, 3.05) is 9.80 Å². The van der Waals surface area contributed by atoms with Gasteiger partial charge in [-0.2, -0.15) is 0 Å². The van der Waals surface area contributed by atoms with E-state index in [2.05, 4.69) is 222 Å². The summed E-state index contributed by atoms with van der Waals surface area (Å²) in [4.78, 5) is 4.73. The summed E-state index contributed by atoms with van der Waals surface area (Å²) in [5.41, 5.74) is 12.1. The number of nitrogens with zero attached hydrogens (tertiary/aromatic N) is 2. The Hall–Kier alpha value is -8.64. The molecule has 0 saturated heterocycles. The van der Waals surface area contributed by atoms with Crippen molar-refractivity contribution >= 4 is 131 Å². The van der Waals surface area contributed by atoms with Crippen molar-refractivity contribution in [3.63, 3.8) is 0 Å². The van der Waals surface area contributed by atoms with E-state index >= 15 is 0 Å². The van der Waals surface area contributed by atoms with E-state index in [0.717, 1.165) is 89.1 Å². The first-order chi connectivity index (χ1) is 33.2. The van der Waals surface area contributed by atoms with Crippen LogP contribution in [0.3, 0.4) is 0 Å². The van der Waals surface area contributed by atoms with Crippen molar-refractivity contribution in [3.05, 3.63) is 231 Å². The number of benzene rings is 11. The fraction of sp³-hybridized carbons (Fsp3) is 0. The zero-order valence-corrected chi connectivity index (χ0v) is 36.9. The van der Waals surface area contributed by atoms with E-state index in [-0.39, 0.29) is 0 Å². The minimum absolute atomic E-state index is 0.860. The van der Waals surface area contributed by atoms with Crippen LogP contribution in [0.15, 0.2) is 239 Å². The molecule has 3 aromatic heterocycles. The monoisotopic (exact) mass is 874 g/mol. The Morgan fingerprint density at radius 2 is 0.866 bits per heavy atom. The molecule has 3 heterocycles. The molecule has 0 spiro atoms. The number of rotatable bonds is 7. The first kappa shape index (κ1) is 37.7. The van der Waals surface area contributed by atoms with Crippen LogP contribution in [-0.4, -0.2) is 0 Å². The van der Waals surface area contributed by atoms with E-state index < -0.39 is 0 Å². The van der Waals surface area contributed by atoms with Gasteiger partial charge in [0.05, 0.1) is 11.4 Å². The van der Waals surface area contributed by atoms with Gasteiger partial charge in [0.2, 0.25) is 0 Å². The van der Waals surface area contributed by atoms with Crippen molar-refractivity contribution in [1.29, 1.82) is 0 Å². The van der Waals surface area contributed by atoms with Crippen LogP contribution in [-0.2, 0) is 0 Å². The second-order valence-electron chi connectivity index (χ2n) is 17.2. The minimum Gasteiger partial charge on any atom is -0.456 e. The average Bonchev–Trinajstić information content (AvgIpc) is 4.09. The average molecular weight is 875 g/mol. The van der Waals surface area contributed by atoms with Gasteiger partial charge in [-0.25, -0.2) is 0 Å².